The van der Waals surface area contributed by atoms with Crippen LogP contribution in [0, 0.1) is 5.82 Å². The Morgan fingerprint density at radius 3 is 2.44 bits per heavy atom. The summed E-state index contributed by atoms with van der Waals surface area (Å²) in [5.41, 5.74) is 5.48. The number of nitrogen functional groups attached to an aromatic ring is 1. The minimum absolute atomic E-state index is 0.0206. The molecule has 0 saturated carbocycles. The summed E-state index contributed by atoms with van der Waals surface area (Å²) in [4.78, 5) is 13.4. The largest absolute Gasteiger partial charge is 0.396 e. The van der Waals surface area contributed by atoms with Crippen LogP contribution in [-0.2, 0) is 9.84 Å². The highest BCUT2D eigenvalue weighted by Gasteiger charge is 2.25. The molecule has 18 heavy (non-hydrogen) atoms. The van der Waals surface area contributed by atoms with Crippen molar-refractivity contribution in [3.8, 4) is 0 Å². The van der Waals surface area contributed by atoms with Gasteiger partial charge in [-0.2, -0.15) is 0 Å². The zero-order chi connectivity index (χ0) is 13.3. The molecule has 2 rings (SSSR count). The maximum Gasteiger partial charge on any atom is 0.254 e. The van der Waals surface area contributed by atoms with Gasteiger partial charge in [-0.1, -0.05) is 0 Å². The maximum absolute atomic E-state index is 13.2. The molecule has 0 aliphatic carbocycles. The lowest BCUT2D eigenvalue weighted by Gasteiger charge is -2.26. The number of amides is 1. The first-order valence-corrected chi connectivity index (χ1v) is 7.26. The molecule has 1 fully saturated rings. The van der Waals surface area contributed by atoms with Crippen molar-refractivity contribution < 1.29 is 17.6 Å². The fraction of sp³-hybridized carbons (Fsp3) is 0.364. The minimum Gasteiger partial charge on any atom is -0.396 e. The number of nitrogens with zero attached hydrogens (tertiary/aromatic N) is 1. The van der Waals surface area contributed by atoms with E-state index in [4.69, 9.17) is 5.73 Å². The highest BCUT2D eigenvalue weighted by Crippen LogP contribution is 2.15. The highest BCUT2D eigenvalue weighted by atomic mass is 32.2. The fourth-order valence-electron chi connectivity index (χ4n) is 1.76. The van der Waals surface area contributed by atoms with Gasteiger partial charge >= 0.3 is 0 Å². The van der Waals surface area contributed by atoms with Crippen molar-refractivity contribution in [2.75, 3.05) is 30.3 Å². The van der Waals surface area contributed by atoms with E-state index in [-0.39, 0.29) is 41.8 Å². The average molecular weight is 272 g/mol. The molecule has 1 aromatic rings. The minimum atomic E-state index is -3.03. The van der Waals surface area contributed by atoms with Crippen molar-refractivity contribution in [1.29, 1.82) is 0 Å². The van der Waals surface area contributed by atoms with Gasteiger partial charge in [0.2, 0.25) is 0 Å². The number of rotatable bonds is 1. The quantitative estimate of drug-likeness (QED) is 0.745. The number of hydrogen-bond donors (Lipinski definition) is 1. The van der Waals surface area contributed by atoms with Crippen LogP contribution in [0.4, 0.5) is 10.1 Å². The molecule has 5 nitrogen and oxygen atoms in total. The predicted octanol–water partition coefficient (Wildman–Crippen LogP) is 0.279. The molecule has 1 aromatic carbocycles. The molecule has 98 valence electrons. The number of benzene rings is 1. The fourth-order valence-corrected chi connectivity index (χ4v) is 2.96. The van der Waals surface area contributed by atoms with Gasteiger partial charge in [0.05, 0.1) is 17.2 Å². The summed E-state index contributed by atoms with van der Waals surface area (Å²) in [6.07, 6.45) is 0. The summed E-state index contributed by atoms with van der Waals surface area (Å²) < 4.78 is 35.7. The normalized spacial score (nSPS) is 18.6. The Labute approximate surface area is 104 Å². The second-order valence-corrected chi connectivity index (χ2v) is 6.48. The van der Waals surface area contributed by atoms with E-state index < -0.39 is 15.7 Å². The van der Waals surface area contributed by atoms with Crippen LogP contribution in [0.5, 0.6) is 0 Å². The van der Waals surface area contributed by atoms with Crippen LogP contribution in [0.25, 0.3) is 0 Å². The molecule has 1 aliphatic heterocycles. The summed E-state index contributed by atoms with van der Waals surface area (Å²) >= 11 is 0. The van der Waals surface area contributed by atoms with Gasteiger partial charge in [0.25, 0.3) is 5.91 Å². The summed E-state index contributed by atoms with van der Waals surface area (Å²) in [5, 5.41) is 0. The van der Waals surface area contributed by atoms with Crippen molar-refractivity contribution in [2.24, 2.45) is 0 Å². The van der Waals surface area contributed by atoms with Gasteiger partial charge in [-0.3, -0.25) is 4.79 Å². The Balaban J connectivity index is 2.15. The lowest BCUT2D eigenvalue weighted by atomic mass is 10.1. The highest BCUT2D eigenvalue weighted by molar-refractivity contribution is 7.91. The third-order valence-electron chi connectivity index (χ3n) is 2.88. The predicted molar refractivity (Wildman–Crippen MR) is 65.4 cm³/mol. The van der Waals surface area contributed by atoms with Crippen LogP contribution in [0.1, 0.15) is 10.4 Å². The monoisotopic (exact) mass is 272 g/mol. The van der Waals surface area contributed by atoms with Gasteiger partial charge in [0.1, 0.15) is 5.82 Å². The van der Waals surface area contributed by atoms with Crippen LogP contribution < -0.4 is 5.73 Å². The van der Waals surface area contributed by atoms with Crippen LogP contribution in [-0.4, -0.2) is 43.8 Å². The van der Waals surface area contributed by atoms with Gasteiger partial charge in [0, 0.05) is 18.7 Å². The molecule has 1 heterocycles. The average Bonchev–Trinajstić information content (AvgIpc) is 2.32. The van der Waals surface area contributed by atoms with E-state index in [1.165, 1.54) is 17.0 Å². The third kappa shape index (κ3) is 2.61. The zero-order valence-corrected chi connectivity index (χ0v) is 10.4. The second kappa shape index (κ2) is 4.56. The van der Waals surface area contributed by atoms with Crippen molar-refractivity contribution in [1.82, 2.24) is 4.90 Å². The number of carbonyl (C=O) groups is 1. The van der Waals surface area contributed by atoms with Crippen LogP contribution in [0.15, 0.2) is 18.2 Å². The Kier molecular flexibility index (Phi) is 3.25. The molecule has 0 atom stereocenters. The molecule has 0 bridgehead atoms. The number of nitrogens with two attached hydrogens (primary N) is 1. The smallest absolute Gasteiger partial charge is 0.254 e. The van der Waals surface area contributed by atoms with Gasteiger partial charge in [-0.25, -0.2) is 12.8 Å². The second-order valence-electron chi connectivity index (χ2n) is 4.18. The molecule has 0 spiro atoms. The lowest BCUT2D eigenvalue weighted by molar-refractivity contribution is 0.0770. The van der Waals surface area contributed by atoms with Crippen molar-refractivity contribution >= 4 is 21.4 Å². The van der Waals surface area contributed by atoms with E-state index in [0.717, 1.165) is 6.07 Å². The number of hydrogen-bond acceptors (Lipinski definition) is 4. The number of anilines is 1. The molecule has 2 N–H and O–H groups in total. The summed E-state index contributed by atoms with van der Waals surface area (Å²) in [5.74, 6) is -1.11. The molecule has 0 radical (unpaired) electrons. The molecule has 1 amide bonds. The van der Waals surface area contributed by atoms with Gasteiger partial charge in [0.15, 0.2) is 9.84 Å². The Bertz CT molecular complexity index is 572. The standard InChI is InChI=1S/C11H13FN2O3S/c12-9-7-8(1-2-10(9)13)11(15)14-3-5-18(16,17)6-4-14/h1-2,7H,3-6,13H2. The van der Waals surface area contributed by atoms with E-state index >= 15 is 0 Å². The topological polar surface area (TPSA) is 80.5 Å². The molecule has 0 aromatic heterocycles. The Morgan fingerprint density at radius 2 is 1.89 bits per heavy atom. The molecular formula is C11H13FN2O3S. The zero-order valence-electron chi connectivity index (χ0n) is 9.60. The van der Waals surface area contributed by atoms with Crippen LogP contribution in [0.3, 0.4) is 0 Å². The van der Waals surface area contributed by atoms with E-state index in [0.29, 0.717) is 0 Å². The van der Waals surface area contributed by atoms with E-state index in [9.17, 15) is 17.6 Å². The lowest BCUT2D eigenvalue weighted by Crippen LogP contribution is -2.43. The van der Waals surface area contributed by atoms with Crippen molar-refractivity contribution in [3.63, 3.8) is 0 Å². The third-order valence-corrected chi connectivity index (χ3v) is 4.49. The van der Waals surface area contributed by atoms with E-state index in [1.54, 1.807) is 0 Å². The summed E-state index contributed by atoms with van der Waals surface area (Å²) in [6.45, 7) is 0.292. The first-order valence-electron chi connectivity index (χ1n) is 5.44. The number of sulfone groups is 1. The van der Waals surface area contributed by atoms with Gasteiger partial charge < -0.3 is 10.6 Å². The first-order chi connectivity index (χ1) is 8.39. The van der Waals surface area contributed by atoms with Crippen molar-refractivity contribution in [2.45, 2.75) is 0 Å². The van der Waals surface area contributed by atoms with Gasteiger partial charge in [-0.05, 0) is 18.2 Å². The SMILES string of the molecule is Nc1ccc(C(=O)N2CCS(=O)(=O)CC2)cc1F. The Morgan fingerprint density at radius 1 is 1.28 bits per heavy atom. The van der Waals surface area contributed by atoms with Gasteiger partial charge in [-0.15, -0.1) is 0 Å². The Hall–Kier alpha value is -1.63. The molecule has 7 heteroatoms. The number of halogens is 1. The molecule has 1 saturated heterocycles. The first kappa shape index (κ1) is 12.8. The van der Waals surface area contributed by atoms with E-state index in [1.807, 2.05) is 0 Å². The molecular weight excluding hydrogens is 259 g/mol. The number of carbonyl (C=O) groups excluding carboxylic acids is 1. The van der Waals surface area contributed by atoms with Crippen LogP contribution >= 0.6 is 0 Å². The summed E-state index contributed by atoms with van der Waals surface area (Å²) in [7, 11) is -3.03. The van der Waals surface area contributed by atoms with E-state index in [2.05, 4.69) is 0 Å². The van der Waals surface area contributed by atoms with Crippen LogP contribution in [0.2, 0.25) is 0 Å². The van der Waals surface area contributed by atoms with Crippen molar-refractivity contribution in [3.05, 3.63) is 29.6 Å². The molecule has 0 unspecified atom stereocenters. The molecule has 1 aliphatic rings. The summed E-state index contributed by atoms with van der Waals surface area (Å²) in [6, 6.07) is 3.83. The maximum atomic E-state index is 13.2.